The molecule has 0 aliphatic carbocycles. The maximum Gasteiger partial charge on any atom is 0.420 e. The van der Waals surface area contributed by atoms with Crippen LogP contribution < -0.4 is 11.1 Å². The van der Waals surface area contributed by atoms with E-state index in [1.165, 1.54) is 23.5 Å². The van der Waals surface area contributed by atoms with Gasteiger partial charge in [-0.25, -0.2) is 9.78 Å². The van der Waals surface area contributed by atoms with E-state index >= 15 is 0 Å². The van der Waals surface area contributed by atoms with Crippen molar-refractivity contribution in [2.24, 2.45) is 0 Å². The highest BCUT2D eigenvalue weighted by molar-refractivity contribution is 9.10. The summed E-state index contributed by atoms with van der Waals surface area (Å²) in [4.78, 5) is 40.3. The number of anilines is 1. The number of fused-ring (bicyclic) bond motifs is 1. The maximum absolute atomic E-state index is 12.5. The van der Waals surface area contributed by atoms with E-state index in [1.807, 2.05) is 31.2 Å². The molecule has 9 nitrogen and oxygen atoms in total. The Morgan fingerprint density at radius 3 is 2.73 bits per heavy atom. The summed E-state index contributed by atoms with van der Waals surface area (Å²) in [6.07, 6.45) is 0. The summed E-state index contributed by atoms with van der Waals surface area (Å²) in [5.74, 6) is -1.24. The third kappa shape index (κ3) is 3.89. The van der Waals surface area contributed by atoms with E-state index in [-0.39, 0.29) is 17.8 Å². The van der Waals surface area contributed by atoms with Crippen molar-refractivity contribution in [3.63, 3.8) is 0 Å². The van der Waals surface area contributed by atoms with Crippen LogP contribution in [0.5, 0.6) is 0 Å². The zero-order chi connectivity index (χ0) is 21.4. The number of nitrogens with one attached hydrogen (secondary N) is 1. The number of thiazole rings is 1. The molecule has 0 bridgehead atoms. The van der Waals surface area contributed by atoms with Gasteiger partial charge in [0.05, 0.1) is 22.2 Å². The second-order valence-corrected chi connectivity index (χ2v) is 8.46. The summed E-state index contributed by atoms with van der Waals surface area (Å²) in [6, 6.07) is 11.5. The number of aryl methyl sites for hydroxylation is 1. The lowest BCUT2D eigenvalue weighted by atomic mass is 10.1. The number of nitro benzene ring substituents is 1. The minimum atomic E-state index is -0.772. The maximum atomic E-state index is 12.5. The second kappa shape index (κ2) is 7.84. The Labute approximate surface area is 181 Å². The third-order valence-electron chi connectivity index (χ3n) is 4.32. The highest BCUT2D eigenvalue weighted by Gasteiger charge is 2.17. The van der Waals surface area contributed by atoms with Crippen molar-refractivity contribution < 1.29 is 14.1 Å². The van der Waals surface area contributed by atoms with Gasteiger partial charge in [-0.1, -0.05) is 28.1 Å². The zero-order valence-corrected chi connectivity index (χ0v) is 17.8. The van der Waals surface area contributed by atoms with E-state index in [0.29, 0.717) is 10.6 Å². The number of benzene rings is 2. The van der Waals surface area contributed by atoms with Gasteiger partial charge in [0, 0.05) is 21.0 Å². The van der Waals surface area contributed by atoms with Gasteiger partial charge in [-0.05, 0) is 25.1 Å². The van der Waals surface area contributed by atoms with Crippen LogP contribution in [0.3, 0.4) is 0 Å². The molecule has 11 heteroatoms. The molecule has 30 heavy (non-hydrogen) atoms. The Morgan fingerprint density at radius 2 is 2.03 bits per heavy atom. The van der Waals surface area contributed by atoms with Crippen LogP contribution >= 0.6 is 27.3 Å². The minimum Gasteiger partial charge on any atom is -0.407 e. The Morgan fingerprint density at radius 1 is 1.30 bits per heavy atom. The van der Waals surface area contributed by atoms with Crippen molar-refractivity contribution in [2.45, 2.75) is 13.5 Å². The SMILES string of the molecule is Cc1sc(NC(=O)Cn2c(=O)oc3cc([N+](=O)[O-])ccc32)nc1-c1ccc(Br)cc1. The lowest BCUT2D eigenvalue weighted by Gasteiger charge is -2.03. The van der Waals surface area contributed by atoms with E-state index < -0.39 is 16.6 Å². The van der Waals surface area contributed by atoms with Crippen molar-refractivity contribution in [3.05, 3.63) is 72.5 Å². The number of non-ortho nitro benzene ring substituents is 1. The van der Waals surface area contributed by atoms with Crippen LogP contribution in [0.1, 0.15) is 4.88 Å². The highest BCUT2D eigenvalue weighted by atomic mass is 79.9. The number of nitro groups is 1. The molecule has 2 aromatic carbocycles. The predicted molar refractivity (Wildman–Crippen MR) is 116 cm³/mol. The van der Waals surface area contributed by atoms with Gasteiger partial charge in [0.15, 0.2) is 10.7 Å². The number of halogens is 1. The smallest absolute Gasteiger partial charge is 0.407 e. The second-order valence-electron chi connectivity index (χ2n) is 6.34. The fraction of sp³-hybridized carbons (Fsp3) is 0.105. The van der Waals surface area contributed by atoms with E-state index in [0.717, 1.165) is 31.2 Å². The molecule has 2 heterocycles. The van der Waals surface area contributed by atoms with E-state index in [4.69, 9.17) is 4.42 Å². The molecule has 0 aliphatic heterocycles. The van der Waals surface area contributed by atoms with Gasteiger partial charge in [0.1, 0.15) is 6.54 Å². The lowest BCUT2D eigenvalue weighted by molar-refractivity contribution is -0.384. The summed E-state index contributed by atoms with van der Waals surface area (Å²) in [5.41, 5.74) is 1.83. The topological polar surface area (TPSA) is 120 Å². The van der Waals surface area contributed by atoms with Gasteiger partial charge in [-0.3, -0.25) is 19.5 Å². The van der Waals surface area contributed by atoms with Crippen LogP contribution in [0.15, 0.2) is 56.1 Å². The quantitative estimate of drug-likeness (QED) is 0.329. The number of oxazole rings is 1. The first-order valence-electron chi connectivity index (χ1n) is 8.63. The van der Waals surface area contributed by atoms with Gasteiger partial charge in [-0.15, -0.1) is 11.3 Å². The van der Waals surface area contributed by atoms with E-state index in [1.54, 1.807) is 0 Å². The largest absolute Gasteiger partial charge is 0.420 e. The van der Waals surface area contributed by atoms with Crippen molar-refractivity contribution in [1.29, 1.82) is 0 Å². The summed E-state index contributed by atoms with van der Waals surface area (Å²) in [7, 11) is 0. The first-order valence-corrected chi connectivity index (χ1v) is 10.2. The molecule has 152 valence electrons. The number of carbonyl (C=O) groups excluding carboxylic acids is 1. The number of carbonyl (C=O) groups is 1. The van der Waals surface area contributed by atoms with Gasteiger partial charge in [0.2, 0.25) is 5.91 Å². The van der Waals surface area contributed by atoms with Crippen LogP contribution in [0.2, 0.25) is 0 Å². The first kappa shape index (κ1) is 20.0. The Hall–Kier alpha value is -3.31. The molecule has 0 spiro atoms. The predicted octanol–water partition coefficient (Wildman–Crippen LogP) is 4.34. The highest BCUT2D eigenvalue weighted by Crippen LogP contribution is 2.31. The summed E-state index contributed by atoms with van der Waals surface area (Å²) in [5, 5.41) is 14.0. The molecular formula is C19H13BrN4O5S. The fourth-order valence-electron chi connectivity index (χ4n) is 2.95. The van der Waals surface area contributed by atoms with Crippen LogP contribution in [-0.4, -0.2) is 20.4 Å². The van der Waals surface area contributed by atoms with Gasteiger partial charge in [0.25, 0.3) is 5.69 Å². The molecule has 0 saturated heterocycles. The zero-order valence-electron chi connectivity index (χ0n) is 15.4. The van der Waals surface area contributed by atoms with Gasteiger partial charge >= 0.3 is 5.76 Å². The van der Waals surface area contributed by atoms with Crippen LogP contribution in [0.4, 0.5) is 10.8 Å². The van der Waals surface area contributed by atoms with Crippen LogP contribution in [-0.2, 0) is 11.3 Å². The number of rotatable bonds is 5. The number of nitrogens with zero attached hydrogens (tertiary/aromatic N) is 3. The van der Waals surface area contributed by atoms with E-state index in [2.05, 4.69) is 26.2 Å². The number of hydrogen-bond acceptors (Lipinski definition) is 7. The Balaban J connectivity index is 1.55. The van der Waals surface area contributed by atoms with E-state index in [9.17, 15) is 19.7 Å². The number of aromatic nitrogens is 2. The van der Waals surface area contributed by atoms with Crippen LogP contribution in [0.25, 0.3) is 22.4 Å². The third-order valence-corrected chi connectivity index (χ3v) is 5.74. The molecule has 0 atom stereocenters. The Bertz CT molecular complexity index is 1340. The molecule has 4 rings (SSSR count). The summed E-state index contributed by atoms with van der Waals surface area (Å²) >= 11 is 4.72. The van der Waals surface area contributed by atoms with Gasteiger partial charge < -0.3 is 9.73 Å². The van der Waals surface area contributed by atoms with Crippen LogP contribution in [0, 0.1) is 17.0 Å². The van der Waals surface area contributed by atoms with Crippen molar-refractivity contribution >= 4 is 55.1 Å². The standard InChI is InChI=1S/C19H13BrN4O5S/c1-10-17(11-2-4-12(20)5-3-11)22-18(30-10)21-16(25)9-23-14-7-6-13(24(27)28)8-15(14)29-19(23)26/h2-8H,9H2,1H3,(H,21,22,25). The molecule has 0 fully saturated rings. The molecule has 0 aliphatic rings. The normalized spacial score (nSPS) is 11.0. The molecule has 4 aromatic rings. The molecule has 2 aromatic heterocycles. The average molecular weight is 489 g/mol. The molecular weight excluding hydrogens is 476 g/mol. The van der Waals surface area contributed by atoms with Crippen molar-refractivity contribution in [1.82, 2.24) is 9.55 Å². The summed E-state index contributed by atoms with van der Waals surface area (Å²) < 4.78 is 7.11. The molecule has 0 radical (unpaired) electrons. The van der Waals surface area contributed by atoms with Crippen molar-refractivity contribution in [2.75, 3.05) is 5.32 Å². The summed E-state index contributed by atoms with van der Waals surface area (Å²) in [6.45, 7) is 1.60. The number of hydrogen-bond donors (Lipinski definition) is 1. The average Bonchev–Trinajstić information content (AvgIpc) is 3.21. The number of amides is 1. The lowest BCUT2D eigenvalue weighted by Crippen LogP contribution is -2.24. The van der Waals surface area contributed by atoms with Crippen molar-refractivity contribution in [3.8, 4) is 11.3 Å². The molecule has 0 saturated carbocycles. The van der Waals surface area contributed by atoms with Gasteiger partial charge in [-0.2, -0.15) is 0 Å². The minimum absolute atomic E-state index is 0.0459. The molecule has 1 amide bonds. The first-order chi connectivity index (χ1) is 14.3. The monoisotopic (exact) mass is 488 g/mol. The fourth-order valence-corrected chi connectivity index (χ4v) is 4.06. The molecule has 1 N–H and O–H groups in total. The Kier molecular flexibility index (Phi) is 5.22. The molecule has 0 unspecified atom stereocenters.